The number of hydrogen-bond acceptors (Lipinski definition) is 4. The number of rotatable bonds is 8. The molecule has 0 atom stereocenters. The van der Waals surface area contributed by atoms with Crippen LogP contribution in [0.1, 0.15) is 0 Å². The van der Waals surface area contributed by atoms with Gasteiger partial charge in [0, 0.05) is 44.6 Å². The molecule has 0 amide bonds. The third-order valence-corrected chi connectivity index (χ3v) is 6.77. The van der Waals surface area contributed by atoms with Gasteiger partial charge in [0.05, 0.1) is 23.6 Å². The maximum atomic E-state index is 5.97. The minimum absolute atomic E-state index is 0.454. The fourth-order valence-electron chi connectivity index (χ4n) is 3.33. The first-order valence-electron chi connectivity index (χ1n) is 10.3. The van der Waals surface area contributed by atoms with E-state index in [0.717, 1.165) is 46.1 Å². The van der Waals surface area contributed by atoms with Crippen molar-refractivity contribution < 1.29 is 4.74 Å². The van der Waals surface area contributed by atoms with Crippen molar-refractivity contribution in [3.05, 3.63) is 61.1 Å². The molecule has 6 nitrogen and oxygen atoms in total. The van der Waals surface area contributed by atoms with Crippen molar-refractivity contribution in [1.29, 1.82) is 0 Å². The number of ether oxygens (including phenoxy) is 1. The number of aromatic nitrogens is 4. The number of aryl methyl sites for hydroxylation is 1. The van der Waals surface area contributed by atoms with E-state index < -0.39 is 8.07 Å². The number of nitrogens with one attached hydrogen (secondary N) is 1. The zero-order chi connectivity index (χ0) is 21.1. The monoisotopic (exact) mass is 419 g/mol. The van der Waals surface area contributed by atoms with Crippen LogP contribution in [0.2, 0.25) is 25.7 Å². The van der Waals surface area contributed by atoms with E-state index in [9.17, 15) is 0 Å². The van der Waals surface area contributed by atoms with E-state index in [-0.39, 0.29) is 0 Å². The largest absolute Gasteiger partial charge is 0.360 e. The van der Waals surface area contributed by atoms with Crippen LogP contribution < -0.4 is 5.32 Å². The zero-order valence-corrected chi connectivity index (χ0v) is 19.1. The molecular weight excluding hydrogens is 390 g/mol. The van der Waals surface area contributed by atoms with Gasteiger partial charge in [-0.25, -0.2) is 4.68 Å². The van der Waals surface area contributed by atoms with Crippen LogP contribution in [0.5, 0.6) is 0 Å². The summed E-state index contributed by atoms with van der Waals surface area (Å²) >= 11 is 0. The number of para-hydroxylation sites is 1. The van der Waals surface area contributed by atoms with Gasteiger partial charge in [0.15, 0.2) is 0 Å². The van der Waals surface area contributed by atoms with Crippen LogP contribution in [0.15, 0.2) is 61.1 Å². The number of fused-ring (bicyclic) bond motifs is 1. The molecule has 0 unspecified atom stereocenters. The lowest BCUT2D eigenvalue weighted by Crippen LogP contribution is -2.22. The van der Waals surface area contributed by atoms with E-state index in [1.54, 1.807) is 0 Å². The van der Waals surface area contributed by atoms with Crippen LogP contribution in [0.3, 0.4) is 0 Å². The SMILES string of the molecule is Cn1cc(-c2cc(Nc3ccccc3)c3cnn(COCC[Si](C)(C)C)c3c2)cn1. The molecule has 0 aliphatic rings. The first-order chi connectivity index (χ1) is 14.4. The van der Waals surface area contributed by atoms with E-state index in [4.69, 9.17) is 4.74 Å². The second kappa shape index (κ2) is 8.45. The third kappa shape index (κ3) is 4.80. The summed E-state index contributed by atoms with van der Waals surface area (Å²) in [6, 6.07) is 15.7. The molecule has 0 fully saturated rings. The van der Waals surface area contributed by atoms with Gasteiger partial charge in [-0.05, 0) is 35.9 Å². The molecule has 156 valence electrons. The van der Waals surface area contributed by atoms with Gasteiger partial charge < -0.3 is 10.1 Å². The van der Waals surface area contributed by atoms with Crippen LogP contribution in [0.25, 0.3) is 22.0 Å². The molecule has 0 saturated carbocycles. The van der Waals surface area contributed by atoms with Gasteiger partial charge in [-0.2, -0.15) is 10.2 Å². The average molecular weight is 420 g/mol. The highest BCUT2D eigenvalue weighted by Crippen LogP contribution is 2.32. The predicted molar refractivity (Wildman–Crippen MR) is 126 cm³/mol. The van der Waals surface area contributed by atoms with E-state index >= 15 is 0 Å². The molecule has 0 radical (unpaired) electrons. The van der Waals surface area contributed by atoms with Crippen LogP contribution in [0.4, 0.5) is 11.4 Å². The molecule has 0 aliphatic carbocycles. The second-order valence-corrected chi connectivity index (χ2v) is 14.5. The number of benzene rings is 2. The van der Waals surface area contributed by atoms with Crippen LogP contribution in [0, 0.1) is 0 Å². The maximum absolute atomic E-state index is 5.97. The molecule has 0 bridgehead atoms. The number of hydrogen-bond donors (Lipinski definition) is 1. The lowest BCUT2D eigenvalue weighted by atomic mass is 10.1. The molecule has 1 N–H and O–H groups in total. The fraction of sp³-hybridized carbons (Fsp3) is 0.304. The first-order valence-corrected chi connectivity index (χ1v) is 14.0. The molecule has 0 spiro atoms. The van der Waals surface area contributed by atoms with Gasteiger partial charge in [0.25, 0.3) is 0 Å². The summed E-state index contributed by atoms with van der Waals surface area (Å²) in [6.45, 7) is 8.31. The predicted octanol–water partition coefficient (Wildman–Crippen LogP) is 5.49. The van der Waals surface area contributed by atoms with Crippen LogP contribution in [-0.4, -0.2) is 34.2 Å². The molecule has 0 aliphatic heterocycles. The molecule has 4 rings (SSSR count). The Bertz CT molecular complexity index is 1130. The van der Waals surface area contributed by atoms with E-state index in [2.05, 4.69) is 59.4 Å². The summed E-state index contributed by atoms with van der Waals surface area (Å²) in [5.41, 5.74) is 5.27. The second-order valence-electron chi connectivity index (χ2n) is 8.84. The smallest absolute Gasteiger partial charge is 0.139 e. The molecule has 7 heteroatoms. The minimum Gasteiger partial charge on any atom is -0.360 e. The molecule has 2 aromatic heterocycles. The normalized spacial score (nSPS) is 11.9. The van der Waals surface area contributed by atoms with Crippen LogP contribution in [-0.2, 0) is 18.5 Å². The summed E-state index contributed by atoms with van der Waals surface area (Å²) < 4.78 is 9.73. The molecule has 4 aromatic rings. The lowest BCUT2D eigenvalue weighted by Gasteiger charge is -2.15. The highest BCUT2D eigenvalue weighted by atomic mass is 28.3. The molecule has 2 heterocycles. The summed E-state index contributed by atoms with van der Waals surface area (Å²) in [7, 11) is 0.822. The highest BCUT2D eigenvalue weighted by molar-refractivity contribution is 6.76. The average Bonchev–Trinajstić information content (AvgIpc) is 3.32. The van der Waals surface area contributed by atoms with Gasteiger partial charge in [-0.3, -0.25) is 4.68 Å². The van der Waals surface area contributed by atoms with E-state index in [1.165, 1.54) is 0 Å². The number of nitrogens with zero attached hydrogens (tertiary/aromatic N) is 4. The molecule has 0 saturated heterocycles. The summed E-state index contributed by atoms with van der Waals surface area (Å²) in [5, 5.41) is 13.6. The van der Waals surface area contributed by atoms with Gasteiger partial charge in [-0.15, -0.1) is 0 Å². The van der Waals surface area contributed by atoms with E-state index in [0.29, 0.717) is 6.73 Å². The fourth-order valence-corrected chi connectivity index (χ4v) is 4.08. The maximum Gasteiger partial charge on any atom is 0.139 e. The summed E-state index contributed by atoms with van der Waals surface area (Å²) in [5.74, 6) is 0. The van der Waals surface area contributed by atoms with Gasteiger partial charge in [0.1, 0.15) is 6.73 Å². The summed E-state index contributed by atoms with van der Waals surface area (Å²) in [4.78, 5) is 0. The van der Waals surface area contributed by atoms with E-state index in [1.807, 2.05) is 53.2 Å². The highest BCUT2D eigenvalue weighted by Gasteiger charge is 2.14. The van der Waals surface area contributed by atoms with Crippen molar-refractivity contribution in [3.8, 4) is 11.1 Å². The minimum atomic E-state index is -1.11. The van der Waals surface area contributed by atoms with Crippen molar-refractivity contribution in [2.24, 2.45) is 7.05 Å². The van der Waals surface area contributed by atoms with Gasteiger partial charge in [0.2, 0.25) is 0 Å². The quantitative estimate of drug-likeness (QED) is 0.303. The van der Waals surface area contributed by atoms with Crippen molar-refractivity contribution in [2.45, 2.75) is 32.4 Å². The van der Waals surface area contributed by atoms with Crippen molar-refractivity contribution in [1.82, 2.24) is 19.6 Å². The Labute approximate surface area is 178 Å². The molecular formula is C23H29N5OSi. The number of anilines is 2. The summed E-state index contributed by atoms with van der Waals surface area (Å²) in [6.07, 6.45) is 5.83. The Morgan fingerprint density at radius 1 is 1.00 bits per heavy atom. The standard InChI is InChI=1S/C23H29N5OSi/c1-27-16-19(14-24-27)18-12-22(26-20-8-6-5-7-9-20)21-15-25-28(23(21)13-18)17-29-10-11-30(2,3)4/h5-9,12-16,26H,10-11,17H2,1-4H3. The van der Waals surface area contributed by atoms with Crippen molar-refractivity contribution in [2.75, 3.05) is 11.9 Å². The third-order valence-electron chi connectivity index (χ3n) is 5.06. The van der Waals surface area contributed by atoms with Crippen molar-refractivity contribution in [3.63, 3.8) is 0 Å². The van der Waals surface area contributed by atoms with Gasteiger partial charge >= 0.3 is 0 Å². The van der Waals surface area contributed by atoms with Gasteiger partial charge in [-0.1, -0.05) is 37.8 Å². The Hall–Kier alpha value is -2.90. The molecule has 30 heavy (non-hydrogen) atoms. The molecule has 2 aromatic carbocycles. The Morgan fingerprint density at radius 3 is 2.50 bits per heavy atom. The lowest BCUT2D eigenvalue weighted by molar-refractivity contribution is 0.0817. The Kier molecular flexibility index (Phi) is 5.74. The topological polar surface area (TPSA) is 56.9 Å². The Balaban J connectivity index is 1.68. The van der Waals surface area contributed by atoms with Crippen molar-refractivity contribution >= 4 is 30.4 Å². The zero-order valence-electron chi connectivity index (χ0n) is 18.1. The van der Waals surface area contributed by atoms with Crippen LogP contribution >= 0.6 is 0 Å². The Morgan fingerprint density at radius 2 is 1.80 bits per heavy atom. The first kappa shape index (κ1) is 20.4.